The Morgan fingerprint density at radius 1 is 0.958 bits per heavy atom. The number of rotatable bonds is 3. The lowest BCUT2D eigenvalue weighted by molar-refractivity contribution is -0.113. The minimum absolute atomic E-state index is 0.168. The van der Waals surface area contributed by atoms with Crippen molar-refractivity contribution in [3.8, 4) is 0 Å². The lowest BCUT2D eigenvalue weighted by Crippen LogP contribution is -2.41. The fourth-order valence-corrected chi connectivity index (χ4v) is 5.37. The Morgan fingerprint density at radius 2 is 1.42 bits per heavy atom. The lowest BCUT2D eigenvalue weighted by atomic mass is 9.95. The summed E-state index contributed by atoms with van der Waals surface area (Å²) in [6.45, 7) is 5.76. The van der Waals surface area contributed by atoms with Gasteiger partial charge in [0.2, 0.25) is 0 Å². The molecule has 0 atom stereocenters. The first-order valence-electron chi connectivity index (χ1n) is 7.63. The fraction of sp³-hybridized carbons (Fsp3) is 0.278. The van der Waals surface area contributed by atoms with Crippen LogP contribution in [-0.2, 0) is 4.79 Å². The van der Waals surface area contributed by atoms with Crippen LogP contribution in [0, 0.1) is 0 Å². The molecule has 24 heavy (non-hydrogen) atoms. The summed E-state index contributed by atoms with van der Waals surface area (Å²) in [5, 5.41) is 0. The van der Waals surface area contributed by atoms with Gasteiger partial charge in [-0.3, -0.25) is 9.69 Å². The van der Waals surface area contributed by atoms with Crippen LogP contribution in [0.3, 0.4) is 0 Å². The zero-order chi connectivity index (χ0) is 17.3. The lowest BCUT2D eigenvalue weighted by Gasteiger charge is -2.32. The van der Waals surface area contributed by atoms with Gasteiger partial charge in [-0.25, -0.2) is 0 Å². The SMILES string of the molecule is CC(C)N1C/C(=C/c2ccc(Br)s2)C(=O)/C(=C/c2ccc(Br)s2)C1. The maximum absolute atomic E-state index is 12.9. The second kappa shape index (κ2) is 7.79. The van der Waals surface area contributed by atoms with Gasteiger partial charge in [0.25, 0.3) is 0 Å². The predicted molar refractivity (Wildman–Crippen MR) is 112 cm³/mol. The molecule has 0 spiro atoms. The summed E-state index contributed by atoms with van der Waals surface area (Å²) in [4.78, 5) is 17.5. The summed E-state index contributed by atoms with van der Waals surface area (Å²) in [6.07, 6.45) is 4.06. The van der Waals surface area contributed by atoms with Crippen molar-refractivity contribution in [2.45, 2.75) is 19.9 Å². The zero-order valence-corrected chi connectivity index (χ0v) is 18.2. The van der Waals surface area contributed by atoms with Crippen molar-refractivity contribution in [1.29, 1.82) is 0 Å². The van der Waals surface area contributed by atoms with Gasteiger partial charge >= 0.3 is 0 Å². The minimum Gasteiger partial charge on any atom is -0.292 e. The van der Waals surface area contributed by atoms with E-state index in [2.05, 4.69) is 50.6 Å². The zero-order valence-electron chi connectivity index (χ0n) is 13.4. The highest BCUT2D eigenvalue weighted by atomic mass is 79.9. The van der Waals surface area contributed by atoms with Gasteiger partial charge in [0, 0.05) is 40.0 Å². The highest BCUT2D eigenvalue weighted by Crippen LogP contribution is 2.29. The summed E-state index contributed by atoms with van der Waals surface area (Å²) in [5.41, 5.74) is 1.73. The van der Waals surface area contributed by atoms with Crippen LogP contribution in [-0.4, -0.2) is 29.8 Å². The largest absolute Gasteiger partial charge is 0.292 e. The van der Waals surface area contributed by atoms with Crippen LogP contribution in [0.1, 0.15) is 23.6 Å². The summed E-state index contributed by atoms with van der Waals surface area (Å²) in [5.74, 6) is 0.168. The van der Waals surface area contributed by atoms with E-state index < -0.39 is 0 Å². The molecular formula is C18H17Br2NOS2. The molecule has 0 unspecified atom stereocenters. The van der Waals surface area contributed by atoms with E-state index in [1.807, 2.05) is 36.4 Å². The van der Waals surface area contributed by atoms with E-state index in [9.17, 15) is 4.79 Å². The molecule has 0 aliphatic carbocycles. The number of thiophene rings is 2. The molecule has 1 saturated heterocycles. The maximum atomic E-state index is 12.9. The molecule has 0 bridgehead atoms. The Kier molecular flexibility index (Phi) is 5.93. The minimum atomic E-state index is 0.168. The van der Waals surface area contributed by atoms with Crippen molar-refractivity contribution in [1.82, 2.24) is 4.90 Å². The molecule has 3 rings (SSSR count). The molecule has 2 aromatic heterocycles. The molecule has 0 aromatic carbocycles. The molecule has 0 saturated carbocycles. The summed E-state index contributed by atoms with van der Waals surface area (Å²) in [6, 6.07) is 8.52. The topological polar surface area (TPSA) is 20.3 Å². The predicted octanol–water partition coefficient (Wildman–Crippen LogP) is 6.09. The van der Waals surface area contributed by atoms with Crippen LogP contribution in [0.4, 0.5) is 0 Å². The van der Waals surface area contributed by atoms with Crippen molar-refractivity contribution >= 4 is 72.5 Å². The van der Waals surface area contributed by atoms with E-state index in [1.165, 1.54) is 0 Å². The Balaban J connectivity index is 1.95. The number of hydrogen-bond donors (Lipinski definition) is 0. The summed E-state index contributed by atoms with van der Waals surface area (Å²) < 4.78 is 2.16. The van der Waals surface area contributed by atoms with Crippen molar-refractivity contribution in [2.75, 3.05) is 13.1 Å². The molecule has 1 fully saturated rings. The van der Waals surface area contributed by atoms with E-state index in [1.54, 1.807) is 22.7 Å². The van der Waals surface area contributed by atoms with Gasteiger partial charge in [-0.1, -0.05) is 0 Å². The number of Topliss-reactive ketones (excluding diaryl/α,β-unsaturated/α-hetero) is 1. The number of halogens is 2. The molecular weight excluding hydrogens is 470 g/mol. The molecule has 6 heteroatoms. The van der Waals surface area contributed by atoms with Crippen molar-refractivity contribution in [3.05, 3.63) is 52.7 Å². The van der Waals surface area contributed by atoms with Gasteiger partial charge in [0.05, 0.1) is 7.57 Å². The third-order valence-electron chi connectivity index (χ3n) is 3.88. The number of carbonyl (C=O) groups is 1. The molecule has 0 amide bonds. The molecule has 1 aliphatic heterocycles. The van der Waals surface area contributed by atoms with Crippen molar-refractivity contribution in [2.24, 2.45) is 0 Å². The molecule has 1 aliphatic rings. The summed E-state index contributed by atoms with van der Waals surface area (Å²) in [7, 11) is 0. The Hall–Kier alpha value is -0.530. The molecule has 0 N–H and O–H groups in total. The third-order valence-corrected chi connectivity index (χ3v) is 7.02. The maximum Gasteiger partial charge on any atom is 0.187 e. The Morgan fingerprint density at radius 3 is 1.75 bits per heavy atom. The fourth-order valence-electron chi connectivity index (χ4n) is 2.59. The monoisotopic (exact) mass is 485 g/mol. The van der Waals surface area contributed by atoms with E-state index >= 15 is 0 Å². The first-order chi connectivity index (χ1) is 11.4. The second-order valence-corrected chi connectivity index (χ2v) is 10.9. The number of carbonyl (C=O) groups excluding carboxylic acids is 1. The van der Waals surface area contributed by atoms with E-state index in [4.69, 9.17) is 0 Å². The molecule has 0 radical (unpaired) electrons. The number of piperidine rings is 1. The smallest absolute Gasteiger partial charge is 0.187 e. The second-order valence-electron chi connectivity index (χ2n) is 5.95. The van der Waals surface area contributed by atoms with Crippen LogP contribution < -0.4 is 0 Å². The number of likely N-dealkylation sites (tertiary alicyclic amines) is 1. The molecule has 2 aromatic rings. The highest BCUT2D eigenvalue weighted by molar-refractivity contribution is 9.11. The Labute approximate surface area is 167 Å². The van der Waals surface area contributed by atoms with Crippen LogP contribution in [0.25, 0.3) is 12.2 Å². The molecule has 3 heterocycles. The van der Waals surface area contributed by atoms with Crippen LogP contribution in [0.15, 0.2) is 43.0 Å². The summed E-state index contributed by atoms with van der Waals surface area (Å²) >= 11 is 10.3. The van der Waals surface area contributed by atoms with E-state index in [-0.39, 0.29) is 5.78 Å². The quantitative estimate of drug-likeness (QED) is 0.489. The highest BCUT2D eigenvalue weighted by Gasteiger charge is 2.27. The van der Waals surface area contributed by atoms with Gasteiger partial charge < -0.3 is 0 Å². The van der Waals surface area contributed by atoms with Crippen LogP contribution in [0.5, 0.6) is 0 Å². The molecule has 126 valence electrons. The number of hydrogen-bond acceptors (Lipinski definition) is 4. The van der Waals surface area contributed by atoms with Gasteiger partial charge in [-0.2, -0.15) is 0 Å². The van der Waals surface area contributed by atoms with Gasteiger partial charge in [-0.15, -0.1) is 22.7 Å². The standard InChI is InChI=1S/C18H17Br2NOS2/c1-11(2)21-9-12(7-14-3-5-16(19)23-14)18(22)13(10-21)8-15-4-6-17(20)24-15/h3-8,11H,9-10H2,1-2H3/b12-7-,13-8+. The molecule has 2 nitrogen and oxygen atoms in total. The number of nitrogens with zero attached hydrogens (tertiary/aromatic N) is 1. The van der Waals surface area contributed by atoms with Gasteiger partial charge in [0.15, 0.2) is 5.78 Å². The van der Waals surface area contributed by atoms with E-state index in [0.29, 0.717) is 19.1 Å². The average molecular weight is 487 g/mol. The third kappa shape index (κ3) is 4.35. The van der Waals surface area contributed by atoms with Crippen molar-refractivity contribution < 1.29 is 4.79 Å². The normalized spacial score (nSPS) is 19.8. The first-order valence-corrected chi connectivity index (χ1v) is 10.8. The van der Waals surface area contributed by atoms with E-state index in [0.717, 1.165) is 28.5 Å². The van der Waals surface area contributed by atoms with Crippen LogP contribution >= 0.6 is 54.5 Å². The van der Waals surface area contributed by atoms with Gasteiger partial charge in [-0.05, 0) is 82.1 Å². The van der Waals surface area contributed by atoms with Crippen molar-refractivity contribution in [3.63, 3.8) is 0 Å². The first kappa shape index (κ1) is 18.3. The van der Waals surface area contributed by atoms with Crippen LogP contribution in [0.2, 0.25) is 0 Å². The average Bonchev–Trinajstić information content (AvgIpc) is 3.11. The Bertz CT molecular complexity index is 754. The van der Waals surface area contributed by atoms with Gasteiger partial charge in [0.1, 0.15) is 0 Å². The number of ketones is 1.